The third kappa shape index (κ3) is 3.20. The molecule has 4 nitrogen and oxygen atoms in total. The van der Waals surface area contributed by atoms with Gasteiger partial charge in [0.1, 0.15) is 5.01 Å². The van der Waals surface area contributed by atoms with Crippen LogP contribution in [0, 0.1) is 6.92 Å². The fourth-order valence-corrected chi connectivity index (χ4v) is 2.48. The molecule has 0 aliphatic heterocycles. The lowest BCUT2D eigenvalue weighted by Crippen LogP contribution is -2.07. The molecule has 96 valence electrons. The van der Waals surface area contributed by atoms with Gasteiger partial charge in [-0.3, -0.25) is 4.98 Å². The molecule has 2 rings (SSSR count). The van der Waals surface area contributed by atoms with E-state index < -0.39 is 0 Å². The third-order valence-electron chi connectivity index (χ3n) is 2.51. The summed E-state index contributed by atoms with van der Waals surface area (Å²) in [6, 6.07) is 2.26. The number of rotatable bonds is 5. The van der Waals surface area contributed by atoms with Gasteiger partial charge in [0.2, 0.25) is 0 Å². The van der Waals surface area contributed by atoms with E-state index in [0.717, 1.165) is 22.9 Å². The Morgan fingerprint density at radius 2 is 2.06 bits per heavy atom. The van der Waals surface area contributed by atoms with E-state index in [0.29, 0.717) is 0 Å². The smallest absolute Gasteiger partial charge is 0.115 e. The van der Waals surface area contributed by atoms with Crippen molar-refractivity contribution in [3.05, 3.63) is 34.5 Å². The number of pyridine rings is 1. The number of nitrogens with one attached hydrogen (secondary N) is 2. The fourth-order valence-electron chi connectivity index (χ4n) is 1.70. The van der Waals surface area contributed by atoms with Gasteiger partial charge in [-0.05, 0) is 26.8 Å². The van der Waals surface area contributed by atoms with E-state index in [2.05, 4.69) is 47.4 Å². The lowest BCUT2D eigenvalue weighted by Gasteiger charge is -2.13. The van der Waals surface area contributed by atoms with Crippen LogP contribution in [0.4, 0.5) is 11.4 Å². The van der Waals surface area contributed by atoms with E-state index in [9.17, 15) is 0 Å². The molecule has 2 heterocycles. The van der Waals surface area contributed by atoms with Gasteiger partial charge < -0.3 is 10.6 Å². The fraction of sp³-hybridized carbons (Fsp3) is 0.385. The molecular formula is C13H18N4S. The highest BCUT2D eigenvalue weighted by molar-refractivity contribution is 7.11. The Bertz CT molecular complexity index is 509. The van der Waals surface area contributed by atoms with Gasteiger partial charge in [0.05, 0.1) is 29.8 Å². The molecule has 1 unspecified atom stereocenters. The highest BCUT2D eigenvalue weighted by Gasteiger charge is 2.09. The molecule has 1 atom stereocenters. The van der Waals surface area contributed by atoms with Crippen LogP contribution in [0.5, 0.6) is 0 Å². The van der Waals surface area contributed by atoms with Crippen LogP contribution in [-0.4, -0.2) is 16.5 Å². The van der Waals surface area contributed by atoms with Crippen LogP contribution in [0.2, 0.25) is 0 Å². The Kier molecular flexibility index (Phi) is 4.15. The highest BCUT2D eigenvalue weighted by Crippen LogP contribution is 2.23. The lowest BCUT2D eigenvalue weighted by atomic mass is 10.3. The minimum Gasteiger partial charge on any atom is -0.384 e. The summed E-state index contributed by atoms with van der Waals surface area (Å²) in [5.74, 6) is 0. The van der Waals surface area contributed by atoms with Crippen molar-refractivity contribution >= 4 is 22.7 Å². The standard InChI is InChI=1S/C13H18N4S/c1-4-15-11-5-12(8-14-7-11)17-10(3)13-16-6-9(2)18-13/h5-8,10,15,17H,4H2,1-3H3. The Hall–Kier alpha value is -1.62. The summed E-state index contributed by atoms with van der Waals surface area (Å²) in [4.78, 5) is 9.84. The summed E-state index contributed by atoms with van der Waals surface area (Å²) >= 11 is 1.72. The van der Waals surface area contributed by atoms with Gasteiger partial charge in [0, 0.05) is 17.6 Å². The average molecular weight is 262 g/mol. The normalized spacial score (nSPS) is 12.2. The number of aromatic nitrogens is 2. The number of thiazole rings is 1. The summed E-state index contributed by atoms with van der Waals surface area (Å²) in [6.45, 7) is 7.15. The predicted molar refractivity (Wildman–Crippen MR) is 77.3 cm³/mol. The zero-order valence-electron chi connectivity index (χ0n) is 10.9. The highest BCUT2D eigenvalue weighted by atomic mass is 32.1. The Morgan fingerprint density at radius 3 is 2.72 bits per heavy atom. The largest absolute Gasteiger partial charge is 0.384 e. The monoisotopic (exact) mass is 262 g/mol. The number of nitrogens with zero attached hydrogens (tertiary/aromatic N) is 2. The molecule has 0 saturated heterocycles. The van der Waals surface area contributed by atoms with Crippen LogP contribution in [0.1, 0.15) is 29.8 Å². The Labute approximate surface area is 111 Å². The molecule has 0 radical (unpaired) electrons. The van der Waals surface area contributed by atoms with E-state index in [4.69, 9.17) is 0 Å². The van der Waals surface area contributed by atoms with Crippen molar-refractivity contribution in [2.75, 3.05) is 17.2 Å². The molecule has 0 aliphatic carbocycles. The minimum atomic E-state index is 0.197. The first-order chi connectivity index (χ1) is 8.69. The van der Waals surface area contributed by atoms with Crippen molar-refractivity contribution in [2.45, 2.75) is 26.8 Å². The van der Waals surface area contributed by atoms with Gasteiger partial charge >= 0.3 is 0 Å². The molecule has 0 saturated carbocycles. The van der Waals surface area contributed by atoms with Gasteiger partial charge in [-0.25, -0.2) is 4.98 Å². The molecule has 2 aromatic rings. The molecule has 2 N–H and O–H groups in total. The number of aryl methyl sites for hydroxylation is 1. The van der Waals surface area contributed by atoms with Crippen molar-refractivity contribution in [1.29, 1.82) is 0 Å². The summed E-state index contributed by atoms with van der Waals surface area (Å²) in [6.07, 6.45) is 5.57. The third-order valence-corrected chi connectivity index (χ3v) is 3.61. The van der Waals surface area contributed by atoms with E-state index >= 15 is 0 Å². The van der Waals surface area contributed by atoms with E-state index in [-0.39, 0.29) is 6.04 Å². The van der Waals surface area contributed by atoms with Crippen LogP contribution in [0.25, 0.3) is 0 Å². The van der Waals surface area contributed by atoms with E-state index in [1.807, 2.05) is 18.6 Å². The second-order valence-corrected chi connectivity index (χ2v) is 5.43. The first-order valence-corrected chi connectivity index (χ1v) is 6.88. The molecule has 0 aromatic carbocycles. The lowest BCUT2D eigenvalue weighted by molar-refractivity contribution is 0.868. The molecule has 0 fully saturated rings. The maximum Gasteiger partial charge on any atom is 0.115 e. The van der Waals surface area contributed by atoms with Crippen LogP contribution in [0.3, 0.4) is 0 Å². The van der Waals surface area contributed by atoms with Crippen LogP contribution < -0.4 is 10.6 Å². The molecule has 18 heavy (non-hydrogen) atoms. The van der Waals surface area contributed by atoms with Gasteiger partial charge in [0.25, 0.3) is 0 Å². The second kappa shape index (κ2) is 5.82. The molecule has 2 aromatic heterocycles. The summed E-state index contributed by atoms with van der Waals surface area (Å²) < 4.78 is 0. The van der Waals surface area contributed by atoms with Crippen LogP contribution >= 0.6 is 11.3 Å². The molecule has 5 heteroatoms. The van der Waals surface area contributed by atoms with Crippen molar-refractivity contribution in [2.24, 2.45) is 0 Å². The first kappa shape index (κ1) is 12.8. The number of anilines is 2. The van der Waals surface area contributed by atoms with Crippen LogP contribution in [0.15, 0.2) is 24.7 Å². The van der Waals surface area contributed by atoms with Gasteiger partial charge in [-0.2, -0.15) is 0 Å². The average Bonchev–Trinajstić information content (AvgIpc) is 2.77. The van der Waals surface area contributed by atoms with E-state index in [1.54, 1.807) is 11.3 Å². The second-order valence-electron chi connectivity index (χ2n) is 4.17. The van der Waals surface area contributed by atoms with Crippen molar-refractivity contribution < 1.29 is 0 Å². The van der Waals surface area contributed by atoms with Gasteiger partial charge in [-0.15, -0.1) is 11.3 Å². The van der Waals surface area contributed by atoms with Gasteiger partial charge in [0.15, 0.2) is 0 Å². The zero-order valence-corrected chi connectivity index (χ0v) is 11.7. The number of hydrogen-bond donors (Lipinski definition) is 2. The quantitative estimate of drug-likeness (QED) is 0.866. The summed E-state index contributed by atoms with van der Waals surface area (Å²) in [7, 11) is 0. The Balaban J connectivity index is 2.06. The molecule has 0 bridgehead atoms. The van der Waals surface area contributed by atoms with E-state index in [1.165, 1.54) is 4.88 Å². The van der Waals surface area contributed by atoms with Crippen molar-refractivity contribution in [3.63, 3.8) is 0 Å². The van der Waals surface area contributed by atoms with Crippen LogP contribution in [-0.2, 0) is 0 Å². The molecular weight excluding hydrogens is 244 g/mol. The zero-order chi connectivity index (χ0) is 13.0. The molecule has 0 amide bonds. The first-order valence-electron chi connectivity index (χ1n) is 6.07. The SMILES string of the molecule is CCNc1cncc(NC(C)c2ncc(C)s2)c1. The van der Waals surface area contributed by atoms with Crippen molar-refractivity contribution in [1.82, 2.24) is 9.97 Å². The Morgan fingerprint density at radius 1 is 1.28 bits per heavy atom. The number of hydrogen-bond acceptors (Lipinski definition) is 5. The summed E-state index contributed by atoms with van der Waals surface area (Å²) in [5.41, 5.74) is 2.04. The maximum atomic E-state index is 4.39. The minimum absolute atomic E-state index is 0.197. The summed E-state index contributed by atoms with van der Waals surface area (Å²) in [5, 5.41) is 7.76. The maximum absolute atomic E-state index is 4.39. The van der Waals surface area contributed by atoms with Crippen molar-refractivity contribution in [3.8, 4) is 0 Å². The molecule has 0 aliphatic rings. The van der Waals surface area contributed by atoms with Gasteiger partial charge in [-0.1, -0.05) is 0 Å². The predicted octanol–water partition coefficient (Wildman–Crippen LogP) is 3.45. The molecule has 0 spiro atoms. The topological polar surface area (TPSA) is 49.8 Å².